The van der Waals surface area contributed by atoms with Crippen LogP contribution in [0.25, 0.3) is 10.9 Å². The van der Waals surface area contributed by atoms with E-state index in [-0.39, 0.29) is 22.0 Å². The Labute approximate surface area is 185 Å². The highest BCUT2D eigenvalue weighted by molar-refractivity contribution is 7.89. The number of aromatic nitrogens is 1. The molecular weight excluding hydrogens is 442 g/mol. The lowest BCUT2D eigenvalue weighted by atomic mass is 10.1. The molecule has 3 rings (SSSR count). The fourth-order valence-corrected chi connectivity index (χ4v) is 4.04. The highest BCUT2D eigenvalue weighted by Gasteiger charge is 2.19. The number of para-hydroxylation sites is 1. The van der Waals surface area contributed by atoms with Crippen molar-refractivity contribution in [1.29, 1.82) is 0 Å². The van der Waals surface area contributed by atoms with Gasteiger partial charge in [-0.2, -0.15) is 0 Å². The number of benzene rings is 2. The first kappa shape index (κ1) is 22.8. The van der Waals surface area contributed by atoms with Crippen LogP contribution in [0.5, 0.6) is 0 Å². The van der Waals surface area contributed by atoms with E-state index < -0.39 is 28.5 Å². The molecule has 0 aliphatic rings. The summed E-state index contributed by atoms with van der Waals surface area (Å²) in [5.74, 6) is -1.14. The van der Waals surface area contributed by atoms with Crippen LogP contribution in [0.2, 0.25) is 5.02 Å². The van der Waals surface area contributed by atoms with E-state index in [2.05, 4.69) is 10.3 Å². The number of aryl methyl sites for hydroxylation is 1. The van der Waals surface area contributed by atoms with Crippen LogP contribution in [-0.4, -0.2) is 50.3 Å². The number of halogens is 1. The molecule has 0 bridgehead atoms. The number of esters is 1. The average Bonchev–Trinajstić information content (AvgIpc) is 3.15. The smallest absolute Gasteiger partial charge is 0.306 e. The number of nitrogens with zero attached hydrogens (tertiary/aromatic N) is 1. The van der Waals surface area contributed by atoms with Crippen LogP contribution >= 0.6 is 11.6 Å². The largest absolute Gasteiger partial charge is 0.456 e. The fraction of sp³-hybridized carbons (Fsp3) is 0.238. The number of rotatable bonds is 8. The second-order valence-electron chi connectivity index (χ2n) is 7.00. The van der Waals surface area contributed by atoms with Crippen molar-refractivity contribution in [2.45, 2.75) is 17.7 Å². The number of hydrogen-bond acceptors (Lipinski definition) is 5. The Morgan fingerprint density at radius 2 is 1.90 bits per heavy atom. The van der Waals surface area contributed by atoms with Gasteiger partial charge in [0.1, 0.15) is 0 Å². The number of H-pyrrole nitrogens is 1. The molecule has 1 aromatic heterocycles. The molecule has 164 valence electrons. The molecule has 0 spiro atoms. The van der Waals surface area contributed by atoms with E-state index in [9.17, 15) is 18.0 Å². The monoisotopic (exact) mass is 463 g/mol. The molecule has 0 aliphatic carbocycles. The number of aromatic amines is 1. The first-order valence-corrected chi connectivity index (χ1v) is 11.2. The number of anilines is 1. The average molecular weight is 464 g/mol. The van der Waals surface area contributed by atoms with Gasteiger partial charge in [-0.25, -0.2) is 12.7 Å². The number of ether oxygens (including phenoxy) is 1. The number of fused-ring (bicyclic) bond motifs is 1. The van der Waals surface area contributed by atoms with Crippen LogP contribution < -0.4 is 5.32 Å². The number of carbonyl (C=O) groups is 2. The Morgan fingerprint density at radius 1 is 1.16 bits per heavy atom. The summed E-state index contributed by atoms with van der Waals surface area (Å²) in [6, 6.07) is 11.7. The molecule has 0 fully saturated rings. The predicted molar refractivity (Wildman–Crippen MR) is 119 cm³/mol. The zero-order valence-electron chi connectivity index (χ0n) is 17.0. The van der Waals surface area contributed by atoms with Crippen molar-refractivity contribution in [2.24, 2.45) is 0 Å². The minimum absolute atomic E-state index is 0.0204. The number of amides is 1. The molecule has 0 unspecified atom stereocenters. The molecule has 8 nitrogen and oxygen atoms in total. The lowest BCUT2D eigenvalue weighted by Crippen LogP contribution is -2.23. The van der Waals surface area contributed by atoms with Crippen LogP contribution in [0.1, 0.15) is 12.0 Å². The maximum absolute atomic E-state index is 12.2. The molecule has 0 aliphatic heterocycles. The van der Waals surface area contributed by atoms with E-state index in [1.165, 1.54) is 32.3 Å². The van der Waals surface area contributed by atoms with Gasteiger partial charge in [-0.1, -0.05) is 29.8 Å². The normalized spacial score (nSPS) is 11.6. The quantitative estimate of drug-likeness (QED) is 0.499. The van der Waals surface area contributed by atoms with E-state index in [1.54, 1.807) is 0 Å². The van der Waals surface area contributed by atoms with E-state index in [0.29, 0.717) is 6.42 Å². The van der Waals surface area contributed by atoms with Crippen molar-refractivity contribution < 1.29 is 22.7 Å². The molecule has 31 heavy (non-hydrogen) atoms. The number of nitrogens with one attached hydrogen (secondary N) is 2. The molecule has 2 N–H and O–H groups in total. The lowest BCUT2D eigenvalue weighted by molar-refractivity contribution is -0.147. The molecule has 1 heterocycles. The molecule has 0 saturated carbocycles. The Morgan fingerprint density at radius 3 is 2.65 bits per heavy atom. The Bertz CT molecular complexity index is 1220. The SMILES string of the molecule is CN(C)S(=O)(=O)c1ccc(Cl)c(NC(=O)COC(=O)CCc2c[nH]c3ccccc23)c1. The van der Waals surface area contributed by atoms with Gasteiger partial charge in [0.2, 0.25) is 10.0 Å². The molecule has 0 radical (unpaired) electrons. The lowest BCUT2D eigenvalue weighted by Gasteiger charge is -2.14. The van der Waals surface area contributed by atoms with E-state index in [4.69, 9.17) is 16.3 Å². The van der Waals surface area contributed by atoms with Gasteiger partial charge in [-0.3, -0.25) is 9.59 Å². The van der Waals surface area contributed by atoms with Gasteiger partial charge in [-0.15, -0.1) is 0 Å². The van der Waals surface area contributed by atoms with Crippen molar-refractivity contribution >= 4 is 50.1 Å². The van der Waals surface area contributed by atoms with Crippen molar-refractivity contribution in [1.82, 2.24) is 9.29 Å². The molecule has 1 amide bonds. The van der Waals surface area contributed by atoms with Gasteiger partial charge in [0.25, 0.3) is 5.91 Å². The van der Waals surface area contributed by atoms with Gasteiger partial charge >= 0.3 is 5.97 Å². The summed E-state index contributed by atoms with van der Waals surface area (Å²) < 4.78 is 30.6. The van der Waals surface area contributed by atoms with Gasteiger partial charge in [0.15, 0.2) is 6.61 Å². The number of sulfonamides is 1. The molecule has 3 aromatic rings. The topological polar surface area (TPSA) is 109 Å². The van der Waals surface area contributed by atoms with Crippen LogP contribution in [0, 0.1) is 0 Å². The molecule has 10 heteroatoms. The van der Waals surface area contributed by atoms with E-state index in [0.717, 1.165) is 20.8 Å². The van der Waals surface area contributed by atoms with Gasteiger partial charge in [0, 0.05) is 37.6 Å². The third kappa shape index (κ3) is 5.43. The maximum atomic E-state index is 12.2. The number of carbonyl (C=O) groups excluding carboxylic acids is 2. The van der Waals surface area contributed by atoms with Crippen molar-refractivity contribution in [3.63, 3.8) is 0 Å². The summed E-state index contributed by atoms with van der Waals surface area (Å²) in [6.07, 6.45) is 2.44. The highest BCUT2D eigenvalue weighted by Crippen LogP contribution is 2.26. The standard InChI is InChI=1S/C21H22ClN3O5S/c1-25(2)31(28,29)15-8-9-17(22)19(11-15)24-20(26)13-30-21(27)10-7-14-12-23-18-6-4-3-5-16(14)18/h3-6,8-9,11-12,23H,7,10,13H2,1-2H3,(H,24,26). The summed E-state index contributed by atoms with van der Waals surface area (Å²) in [7, 11) is -0.885. The Hall–Kier alpha value is -2.88. The van der Waals surface area contributed by atoms with E-state index in [1.807, 2.05) is 30.5 Å². The Kier molecular flexibility index (Phi) is 6.99. The van der Waals surface area contributed by atoms with E-state index >= 15 is 0 Å². The summed E-state index contributed by atoms with van der Waals surface area (Å²) in [5, 5.41) is 3.68. The van der Waals surface area contributed by atoms with Crippen molar-refractivity contribution in [3.8, 4) is 0 Å². The minimum Gasteiger partial charge on any atom is -0.456 e. The fourth-order valence-electron chi connectivity index (χ4n) is 2.95. The second kappa shape index (κ2) is 9.51. The van der Waals surface area contributed by atoms with Gasteiger partial charge in [-0.05, 0) is 36.2 Å². The van der Waals surface area contributed by atoms with Crippen molar-refractivity contribution in [2.75, 3.05) is 26.0 Å². The molecule has 0 atom stereocenters. The Balaban J connectivity index is 1.54. The predicted octanol–water partition coefficient (Wildman–Crippen LogP) is 3.19. The first-order valence-electron chi connectivity index (χ1n) is 9.41. The van der Waals surface area contributed by atoms with Gasteiger partial charge < -0.3 is 15.0 Å². The van der Waals surface area contributed by atoms with Crippen molar-refractivity contribution in [3.05, 3.63) is 59.2 Å². The van der Waals surface area contributed by atoms with Crippen LogP contribution in [0.15, 0.2) is 53.6 Å². The maximum Gasteiger partial charge on any atom is 0.306 e. The summed E-state index contributed by atoms with van der Waals surface area (Å²) in [5.41, 5.74) is 2.09. The summed E-state index contributed by atoms with van der Waals surface area (Å²) >= 11 is 6.05. The zero-order valence-corrected chi connectivity index (χ0v) is 18.6. The third-order valence-corrected chi connectivity index (χ3v) is 6.77. The van der Waals surface area contributed by atoms with Crippen LogP contribution in [-0.2, 0) is 30.8 Å². The molecule has 0 saturated heterocycles. The van der Waals surface area contributed by atoms with Crippen LogP contribution in [0.4, 0.5) is 5.69 Å². The third-order valence-electron chi connectivity index (χ3n) is 4.63. The summed E-state index contributed by atoms with van der Waals surface area (Å²) in [4.78, 5) is 27.3. The first-order chi connectivity index (χ1) is 14.7. The molecular formula is C21H22ClN3O5S. The molecule has 2 aromatic carbocycles. The van der Waals surface area contributed by atoms with Crippen LogP contribution in [0.3, 0.4) is 0 Å². The zero-order chi connectivity index (χ0) is 22.6. The summed E-state index contributed by atoms with van der Waals surface area (Å²) in [6.45, 7) is -0.506. The number of hydrogen-bond donors (Lipinski definition) is 2. The van der Waals surface area contributed by atoms with Gasteiger partial charge in [0.05, 0.1) is 15.6 Å². The second-order valence-corrected chi connectivity index (χ2v) is 9.56. The highest BCUT2D eigenvalue weighted by atomic mass is 35.5. The minimum atomic E-state index is -3.69.